The smallest absolute Gasteiger partial charge is 0.390 e. The third-order valence-electron chi connectivity index (χ3n) is 7.35. The van der Waals surface area contributed by atoms with Crippen LogP contribution < -0.4 is 15.4 Å². The van der Waals surface area contributed by atoms with Gasteiger partial charge in [0.2, 0.25) is 0 Å². The standard InChI is InChI=1S/C30H30F4N4O4/c1-29(41,18-3-8-26(42-2)23(31)12-18)19-13-24(35-10-9-30(32,33)34)27-25(14-19)38(16-36-27)21-6-7-22(17(11-21)15-39)28(40)37-20-4-5-20/h3,6-8,11-14,16,20,35,39,41H,4-5,9-10,15H2,1-2H3,(H,37,40). The molecule has 1 aliphatic carbocycles. The fourth-order valence-corrected chi connectivity index (χ4v) is 4.79. The van der Waals surface area contributed by atoms with Crippen LogP contribution in [0, 0.1) is 5.82 Å². The molecule has 4 aromatic rings. The molecule has 42 heavy (non-hydrogen) atoms. The maximum atomic E-state index is 14.6. The molecule has 0 aliphatic heterocycles. The van der Waals surface area contributed by atoms with Gasteiger partial charge in [-0.1, -0.05) is 6.07 Å². The highest BCUT2D eigenvalue weighted by Crippen LogP contribution is 2.37. The van der Waals surface area contributed by atoms with Crippen LogP contribution >= 0.6 is 0 Å². The molecule has 1 unspecified atom stereocenters. The molecule has 1 heterocycles. The van der Waals surface area contributed by atoms with E-state index in [-0.39, 0.29) is 34.5 Å². The lowest BCUT2D eigenvalue weighted by Crippen LogP contribution is -2.26. The van der Waals surface area contributed by atoms with Crippen LogP contribution in [0.4, 0.5) is 23.2 Å². The Bertz CT molecular complexity index is 1630. The Morgan fingerprint density at radius 1 is 1.12 bits per heavy atom. The first-order valence-electron chi connectivity index (χ1n) is 13.3. The average molecular weight is 587 g/mol. The predicted molar refractivity (Wildman–Crippen MR) is 148 cm³/mol. The van der Waals surface area contributed by atoms with E-state index >= 15 is 0 Å². The minimum absolute atomic E-state index is 0.00784. The highest BCUT2D eigenvalue weighted by atomic mass is 19.4. The van der Waals surface area contributed by atoms with Crippen molar-refractivity contribution in [2.24, 2.45) is 0 Å². The SMILES string of the molecule is COc1ccc(C(C)(O)c2cc(NCCC(F)(F)F)c3ncn(-c4ccc(C(=O)NC5CC5)c(CO)c4)c3c2)cc1F. The number of methoxy groups -OCH3 is 1. The summed E-state index contributed by atoms with van der Waals surface area (Å²) in [6.45, 7) is 0.613. The number of carbonyl (C=O) groups excluding carboxylic acids is 1. The van der Waals surface area contributed by atoms with Crippen molar-refractivity contribution >= 4 is 22.6 Å². The van der Waals surface area contributed by atoms with E-state index in [1.165, 1.54) is 38.6 Å². The van der Waals surface area contributed by atoms with Gasteiger partial charge in [0.15, 0.2) is 11.6 Å². The van der Waals surface area contributed by atoms with E-state index in [9.17, 15) is 32.6 Å². The number of nitrogens with one attached hydrogen (secondary N) is 2. The third-order valence-corrected chi connectivity index (χ3v) is 7.35. The Labute approximate surface area is 238 Å². The van der Waals surface area contributed by atoms with E-state index in [0.717, 1.165) is 18.9 Å². The monoisotopic (exact) mass is 586 g/mol. The molecule has 222 valence electrons. The number of aromatic nitrogens is 2. The molecule has 1 amide bonds. The van der Waals surface area contributed by atoms with E-state index in [2.05, 4.69) is 15.6 Å². The molecule has 0 saturated heterocycles. The molecule has 0 bridgehead atoms. The van der Waals surface area contributed by atoms with E-state index in [1.807, 2.05) is 0 Å². The molecule has 1 fully saturated rings. The molecule has 1 saturated carbocycles. The van der Waals surface area contributed by atoms with Crippen molar-refractivity contribution in [1.82, 2.24) is 14.9 Å². The Morgan fingerprint density at radius 2 is 1.88 bits per heavy atom. The molecular weight excluding hydrogens is 556 g/mol. The molecule has 1 aromatic heterocycles. The van der Waals surface area contributed by atoms with E-state index in [0.29, 0.717) is 27.8 Å². The van der Waals surface area contributed by atoms with Gasteiger partial charge in [0, 0.05) is 23.8 Å². The van der Waals surface area contributed by atoms with Crippen LogP contribution in [0.3, 0.4) is 0 Å². The zero-order valence-corrected chi connectivity index (χ0v) is 22.9. The predicted octanol–water partition coefficient (Wildman–Crippen LogP) is 5.18. The van der Waals surface area contributed by atoms with Gasteiger partial charge in [-0.15, -0.1) is 0 Å². The van der Waals surface area contributed by atoms with E-state index in [4.69, 9.17) is 4.74 Å². The Kier molecular flexibility index (Phi) is 7.86. The second-order valence-corrected chi connectivity index (χ2v) is 10.5. The van der Waals surface area contributed by atoms with E-state index < -0.39 is 37.2 Å². The molecule has 5 rings (SSSR count). The molecule has 1 atom stereocenters. The van der Waals surface area contributed by atoms with Crippen molar-refractivity contribution in [1.29, 1.82) is 0 Å². The number of hydrogen-bond acceptors (Lipinski definition) is 6. The summed E-state index contributed by atoms with van der Waals surface area (Å²) in [6, 6.07) is 12.1. The number of benzene rings is 3. The van der Waals surface area contributed by atoms with Crippen LogP contribution in [0.2, 0.25) is 0 Å². The fraction of sp³-hybridized carbons (Fsp3) is 0.333. The number of hydrogen-bond donors (Lipinski definition) is 4. The minimum Gasteiger partial charge on any atom is -0.494 e. The number of carbonyl (C=O) groups is 1. The number of aliphatic hydroxyl groups excluding tert-OH is 1. The van der Waals surface area contributed by atoms with Crippen molar-refractivity contribution < 1.29 is 37.3 Å². The largest absolute Gasteiger partial charge is 0.494 e. The summed E-state index contributed by atoms with van der Waals surface area (Å²) in [4.78, 5) is 17.1. The van der Waals surface area contributed by atoms with Crippen LogP contribution in [0.15, 0.2) is 54.9 Å². The summed E-state index contributed by atoms with van der Waals surface area (Å²) in [5.41, 5.74) is 0.928. The lowest BCUT2D eigenvalue weighted by Gasteiger charge is -2.26. The molecule has 8 nitrogen and oxygen atoms in total. The quantitative estimate of drug-likeness (QED) is 0.191. The number of anilines is 1. The first-order chi connectivity index (χ1) is 19.9. The Morgan fingerprint density at radius 3 is 2.52 bits per heavy atom. The number of amides is 1. The maximum Gasteiger partial charge on any atom is 0.390 e. The number of nitrogens with zero attached hydrogens (tertiary/aromatic N) is 2. The minimum atomic E-state index is -4.39. The maximum absolute atomic E-state index is 14.6. The van der Waals surface area contributed by atoms with Crippen molar-refractivity contribution in [2.45, 2.75) is 50.6 Å². The number of aliphatic hydroxyl groups is 2. The third kappa shape index (κ3) is 6.04. The molecule has 0 radical (unpaired) electrons. The zero-order chi connectivity index (χ0) is 30.2. The number of ether oxygens (including phenoxy) is 1. The van der Waals surface area contributed by atoms with Crippen LogP contribution in [0.25, 0.3) is 16.7 Å². The van der Waals surface area contributed by atoms with Gasteiger partial charge in [0.05, 0.1) is 31.3 Å². The second-order valence-electron chi connectivity index (χ2n) is 10.5. The van der Waals surface area contributed by atoms with Crippen LogP contribution in [0.1, 0.15) is 53.2 Å². The summed E-state index contributed by atoms with van der Waals surface area (Å²) in [5.74, 6) is -0.983. The summed E-state index contributed by atoms with van der Waals surface area (Å²) in [7, 11) is 1.32. The van der Waals surface area contributed by atoms with Gasteiger partial charge >= 0.3 is 6.18 Å². The van der Waals surface area contributed by atoms with Gasteiger partial charge < -0.3 is 25.6 Å². The molecule has 4 N–H and O–H groups in total. The van der Waals surface area contributed by atoms with Crippen molar-refractivity contribution in [3.63, 3.8) is 0 Å². The number of halogens is 4. The van der Waals surface area contributed by atoms with Crippen molar-refractivity contribution in [3.05, 3.63) is 82.9 Å². The van der Waals surface area contributed by atoms with Gasteiger partial charge in [0.25, 0.3) is 5.91 Å². The average Bonchev–Trinajstić information content (AvgIpc) is 3.66. The summed E-state index contributed by atoms with van der Waals surface area (Å²) in [5, 5.41) is 27.3. The number of fused-ring (bicyclic) bond motifs is 1. The summed E-state index contributed by atoms with van der Waals surface area (Å²) in [6.07, 6.45) is -2.19. The number of imidazole rings is 1. The first kappa shape index (κ1) is 29.3. The van der Waals surface area contributed by atoms with Gasteiger partial charge in [-0.05, 0) is 78.9 Å². The van der Waals surface area contributed by atoms with Crippen LogP contribution in [-0.2, 0) is 12.2 Å². The van der Waals surface area contributed by atoms with Crippen molar-refractivity contribution in [2.75, 3.05) is 19.0 Å². The first-order valence-corrected chi connectivity index (χ1v) is 13.3. The number of alkyl halides is 3. The zero-order valence-electron chi connectivity index (χ0n) is 22.9. The van der Waals surface area contributed by atoms with Gasteiger partial charge in [-0.3, -0.25) is 9.36 Å². The normalized spacial score (nSPS) is 15.0. The van der Waals surface area contributed by atoms with Gasteiger partial charge in [0.1, 0.15) is 17.4 Å². The molecule has 0 spiro atoms. The lowest BCUT2D eigenvalue weighted by atomic mass is 9.87. The Balaban J connectivity index is 1.60. The molecular formula is C30H30F4N4O4. The molecule has 3 aromatic carbocycles. The molecule has 12 heteroatoms. The topological polar surface area (TPSA) is 109 Å². The molecule has 1 aliphatic rings. The van der Waals surface area contributed by atoms with Gasteiger partial charge in [-0.25, -0.2) is 9.37 Å². The fourth-order valence-electron chi connectivity index (χ4n) is 4.79. The highest BCUT2D eigenvalue weighted by Gasteiger charge is 2.30. The van der Waals surface area contributed by atoms with Crippen LogP contribution in [0.5, 0.6) is 5.75 Å². The summed E-state index contributed by atoms with van der Waals surface area (Å²) < 4.78 is 60.0. The summed E-state index contributed by atoms with van der Waals surface area (Å²) >= 11 is 0. The number of rotatable bonds is 10. The van der Waals surface area contributed by atoms with Gasteiger partial charge in [-0.2, -0.15) is 13.2 Å². The lowest BCUT2D eigenvalue weighted by molar-refractivity contribution is -0.131. The van der Waals surface area contributed by atoms with E-state index in [1.54, 1.807) is 28.8 Å². The second kappa shape index (κ2) is 11.3. The Hall–Kier alpha value is -4.16. The highest BCUT2D eigenvalue weighted by molar-refractivity contribution is 5.96. The van der Waals surface area contributed by atoms with Crippen molar-refractivity contribution in [3.8, 4) is 11.4 Å². The van der Waals surface area contributed by atoms with Crippen LogP contribution in [-0.4, -0.2) is 51.5 Å².